The van der Waals surface area contributed by atoms with E-state index in [1.807, 2.05) is 6.92 Å². The fraction of sp³-hybridized carbons (Fsp3) is 0.462. The molecule has 98 valence electrons. The molecule has 0 aliphatic carbocycles. The maximum atomic E-state index is 11.4. The Balaban J connectivity index is 1.88. The molecule has 0 aromatic heterocycles. The minimum absolute atomic E-state index is 0.0135. The summed E-state index contributed by atoms with van der Waals surface area (Å²) in [6.45, 7) is 3.78. The first-order valence-corrected chi connectivity index (χ1v) is 6.08. The molecular weight excluding hydrogens is 234 g/mol. The van der Waals surface area contributed by atoms with E-state index in [0.717, 1.165) is 6.42 Å². The normalized spacial score (nSPS) is 12.9. The van der Waals surface area contributed by atoms with Crippen molar-refractivity contribution < 1.29 is 19.0 Å². The van der Waals surface area contributed by atoms with Gasteiger partial charge in [-0.1, -0.05) is 6.92 Å². The predicted molar refractivity (Wildman–Crippen MR) is 66.2 cm³/mol. The third kappa shape index (κ3) is 3.29. The lowest BCUT2D eigenvalue weighted by Crippen LogP contribution is -2.29. The number of fused-ring (bicyclic) bond motifs is 1. The van der Waals surface area contributed by atoms with Gasteiger partial charge in [-0.15, -0.1) is 0 Å². The second-order valence-corrected chi connectivity index (χ2v) is 3.94. The number of amides is 1. The molecule has 1 N–H and O–H groups in total. The summed E-state index contributed by atoms with van der Waals surface area (Å²) in [4.78, 5) is 11.4. The van der Waals surface area contributed by atoms with E-state index < -0.39 is 0 Å². The molecule has 0 spiro atoms. The Labute approximate surface area is 106 Å². The third-order valence-electron chi connectivity index (χ3n) is 2.46. The SMILES string of the molecule is CCCNC(=O)COc1ccc2c(c1)OCCO2. The molecule has 0 fully saturated rings. The molecule has 1 aromatic carbocycles. The smallest absolute Gasteiger partial charge is 0.257 e. The highest BCUT2D eigenvalue weighted by Crippen LogP contribution is 2.33. The molecule has 1 aliphatic heterocycles. The number of carbonyl (C=O) groups is 1. The number of carbonyl (C=O) groups excluding carboxylic acids is 1. The monoisotopic (exact) mass is 251 g/mol. The van der Waals surface area contributed by atoms with Crippen LogP contribution in [0.3, 0.4) is 0 Å². The van der Waals surface area contributed by atoms with E-state index in [1.54, 1.807) is 18.2 Å². The summed E-state index contributed by atoms with van der Waals surface area (Å²) < 4.78 is 16.2. The second-order valence-electron chi connectivity index (χ2n) is 3.94. The molecule has 0 unspecified atom stereocenters. The van der Waals surface area contributed by atoms with E-state index in [0.29, 0.717) is 37.0 Å². The van der Waals surface area contributed by atoms with Gasteiger partial charge in [-0.3, -0.25) is 4.79 Å². The largest absolute Gasteiger partial charge is 0.486 e. The average Bonchev–Trinajstić information content (AvgIpc) is 2.42. The number of benzene rings is 1. The summed E-state index contributed by atoms with van der Waals surface area (Å²) in [6, 6.07) is 5.29. The number of ether oxygens (including phenoxy) is 3. The van der Waals surface area contributed by atoms with Crippen molar-refractivity contribution in [1.29, 1.82) is 0 Å². The molecule has 0 saturated carbocycles. The van der Waals surface area contributed by atoms with Crippen LogP contribution in [0.4, 0.5) is 0 Å². The van der Waals surface area contributed by atoms with Crippen LogP contribution in [-0.4, -0.2) is 32.3 Å². The first kappa shape index (κ1) is 12.5. The Bertz CT molecular complexity index is 419. The Morgan fingerprint density at radius 2 is 2.11 bits per heavy atom. The first-order chi connectivity index (χ1) is 8.79. The zero-order valence-corrected chi connectivity index (χ0v) is 10.4. The number of nitrogens with one attached hydrogen (secondary N) is 1. The van der Waals surface area contributed by atoms with Crippen LogP contribution in [0, 0.1) is 0 Å². The maximum Gasteiger partial charge on any atom is 0.257 e. The predicted octanol–water partition coefficient (Wildman–Crippen LogP) is 1.36. The van der Waals surface area contributed by atoms with Crippen molar-refractivity contribution in [3.63, 3.8) is 0 Å². The lowest BCUT2D eigenvalue weighted by Gasteiger charge is -2.18. The number of rotatable bonds is 5. The van der Waals surface area contributed by atoms with Crippen molar-refractivity contribution in [3.05, 3.63) is 18.2 Å². The zero-order valence-electron chi connectivity index (χ0n) is 10.4. The lowest BCUT2D eigenvalue weighted by molar-refractivity contribution is -0.123. The lowest BCUT2D eigenvalue weighted by atomic mass is 10.3. The molecule has 18 heavy (non-hydrogen) atoms. The van der Waals surface area contributed by atoms with Gasteiger partial charge < -0.3 is 19.5 Å². The summed E-state index contributed by atoms with van der Waals surface area (Å²) >= 11 is 0. The van der Waals surface area contributed by atoms with Crippen LogP contribution in [0.2, 0.25) is 0 Å². The van der Waals surface area contributed by atoms with Crippen LogP contribution >= 0.6 is 0 Å². The first-order valence-electron chi connectivity index (χ1n) is 6.08. The summed E-state index contributed by atoms with van der Waals surface area (Å²) in [5.74, 6) is 1.86. The quantitative estimate of drug-likeness (QED) is 0.858. The Morgan fingerprint density at radius 1 is 1.33 bits per heavy atom. The fourth-order valence-electron chi connectivity index (χ4n) is 1.58. The van der Waals surface area contributed by atoms with Gasteiger partial charge in [-0.05, 0) is 18.6 Å². The molecule has 1 heterocycles. The highest BCUT2D eigenvalue weighted by Gasteiger charge is 2.12. The molecule has 5 nitrogen and oxygen atoms in total. The summed E-state index contributed by atoms with van der Waals surface area (Å²) in [5, 5.41) is 2.75. The Hall–Kier alpha value is -1.91. The molecule has 0 atom stereocenters. The van der Waals surface area contributed by atoms with Crippen molar-refractivity contribution >= 4 is 5.91 Å². The van der Waals surface area contributed by atoms with Crippen molar-refractivity contribution in [2.75, 3.05) is 26.4 Å². The van der Waals surface area contributed by atoms with Gasteiger partial charge in [-0.2, -0.15) is 0 Å². The summed E-state index contributed by atoms with van der Waals surface area (Å²) in [5.41, 5.74) is 0. The molecule has 1 amide bonds. The molecule has 2 rings (SSSR count). The second kappa shape index (κ2) is 6.14. The van der Waals surface area contributed by atoms with Crippen LogP contribution in [0.25, 0.3) is 0 Å². The van der Waals surface area contributed by atoms with Crippen LogP contribution in [-0.2, 0) is 4.79 Å². The van der Waals surface area contributed by atoms with Gasteiger partial charge in [0.25, 0.3) is 5.91 Å². The van der Waals surface area contributed by atoms with E-state index in [2.05, 4.69) is 5.32 Å². The maximum absolute atomic E-state index is 11.4. The van der Waals surface area contributed by atoms with E-state index in [9.17, 15) is 4.79 Å². The van der Waals surface area contributed by atoms with E-state index in [-0.39, 0.29) is 12.5 Å². The van der Waals surface area contributed by atoms with Crippen LogP contribution in [0.1, 0.15) is 13.3 Å². The van der Waals surface area contributed by atoms with Crippen LogP contribution in [0.15, 0.2) is 18.2 Å². The molecule has 5 heteroatoms. The minimum Gasteiger partial charge on any atom is -0.486 e. The highest BCUT2D eigenvalue weighted by molar-refractivity contribution is 5.77. The van der Waals surface area contributed by atoms with Crippen molar-refractivity contribution in [1.82, 2.24) is 5.32 Å². The Morgan fingerprint density at radius 3 is 2.89 bits per heavy atom. The van der Waals surface area contributed by atoms with Gasteiger partial charge in [-0.25, -0.2) is 0 Å². The average molecular weight is 251 g/mol. The fourth-order valence-corrected chi connectivity index (χ4v) is 1.58. The minimum atomic E-state index is -0.119. The van der Waals surface area contributed by atoms with E-state index >= 15 is 0 Å². The summed E-state index contributed by atoms with van der Waals surface area (Å²) in [6.07, 6.45) is 0.912. The van der Waals surface area contributed by atoms with E-state index in [1.165, 1.54) is 0 Å². The number of hydrogen-bond acceptors (Lipinski definition) is 4. The number of hydrogen-bond donors (Lipinski definition) is 1. The molecule has 1 aliphatic rings. The van der Waals surface area contributed by atoms with E-state index in [4.69, 9.17) is 14.2 Å². The highest BCUT2D eigenvalue weighted by atomic mass is 16.6. The molecular formula is C13H17NO4. The zero-order chi connectivity index (χ0) is 12.8. The van der Waals surface area contributed by atoms with Gasteiger partial charge in [0, 0.05) is 12.6 Å². The molecule has 0 bridgehead atoms. The van der Waals surface area contributed by atoms with Gasteiger partial charge in [0.2, 0.25) is 0 Å². The standard InChI is InChI=1S/C13H17NO4/c1-2-5-14-13(15)9-18-10-3-4-11-12(8-10)17-7-6-16-11/h3-4,8H,2,5-7,9H2,1H3,(H,14,15). The topological polar surface area (TPSA) is 56.8 Å². The van der Waals surface area contributed by atoms with Gasteiger partial charge in [0.05, 0.1) is 0 Å². The third-order valence-corrected chi connectivity index (χ3v) is 2.46. The summed E-state index contributed by atoms with van der Waals surface area (Å²) in [7, 11) is 0. The van der Waals surface area contributed by atoms with Crippen molar-refractivity contribution in [3.8, 4) is 17.2 Å². The van der Waals surface area contributed by atoms with Gasteiger partial charge >= 0.3 is 0 Å². The Kier molecular flexibility index (Phi) is 4.28. The van der Waals surface area contributed by atoms with Crippen LogP contribution < -0.4 is 19.5 Å². The van der Waals surface area contributed by atoms with Gasteiger partial charge in [0.15, 0.2) is 18.1 Å². The molecule has 0 radical (unpaired) electrons. The van der Waals surface area contributed by atoms with Gasteiger partial charge in [0.1, 0.15) is 19.0 Å². The van der Waals surface area contributed by atoms with Crippen molar-refractivity contribution in [2.45, 2.75) is 13.3 Å². The molecule has 1 aromatic rings. The molecule has 0 saturated heterocycles. The van der Waals surface area contributed by atoms with Crippen LogP contribution in [0.5, 0.6) is 17.2 Å². The van der Waals surface area contributed by atoms with Crippen molar-refractivity contribution in [2.24, 2.45) is 0 Å².